The summed E-state index contributed by atoms with van der Waals surface area (Å²) in [6.07, 6.45) is 0. The Morgan fingerprint density at radius 3 is 1.78 bits per heavy atom. The largest absolute Gasteiger partial charge is 0.456 e. The molecular weight excluding hydrogens is 713 g/mol. The van der Waals surface area contributed by atoms with Gasteiger partial charge in [0, 0.05) is 56.3 Å². The van der Waals surface area contributed by atoms with Crippen LogP contribution in [0.3, 0.4) is 0 Å². The predicted octanol–water partition coefficient (Wildman–Crippen LogP) is 15.3. The lowest BCUT2D eigenvalue weighted by molar-refractivity contribution is 0.620. The van der Waals surface area contributed by atoms with E-state index in [0.29, 0.717) is 5.89 Å². The van der Waals surface area contributed by atoms with Crippen LogP contribution in [-0.4, -0.2) is 4.98 Å². The van der Waals surface area contributed by atoms with Crippen molar-refractivity contribution in [2.24, 2.45) is 0 Å². The molecule has 9 aromatic carbocycles. The summed E-state index contributed by atoms with van der Waals surface area (Å²) in [4.78, 5) is 7.05. The zero-order valence-electron chi connectivity index (χ0n) is 31.1. The Bertz CT molecular complexity index is 3500. The van der Waals surface area contributed by atoms with Crippen molar-refractivity contribution >= 4 is 82.8 Å². The van der Waals surface area contributed by atoms with Crippen molar-refractivity contribution in [2.45, 2.75) is 0 Å². The van der Waals surface area contributed by atoms with Crippen LogP contribution < -0.4 is 4.90 Å². The third-order valence-corrected chi connectivity index (χ3v) is 11.3. The molecule has 0 spiro atoms. The summed E-state index contributed by atoms with van der Waals surface area (Å²) >= 11 is 0. The van der Waals surface area contributed by atoms with E-state index in [4.69, 9.17) is 18.2 Å². The maximum Gasteiger partial charge on any atom is 0.227 e. The lowest BCUT2D eigenvalue weighted by atomic mass is 9.98. The van der Waals surface area contributed by atoms with Gasteiger partial charge in [0.1, 0.15) is 27.8 Å². The third-order valence-electron chi connectivity index (χ3n) is 11.3. The minimum Gasteiger partial charge on any atom is -0.456 e. The first-order chi connectivity index (χ1) is 28.7. The summed E-state index contributed by atoms with van der Waals surface area (Å²) in [5.41, 5.74) is 13.5. The lowest BCUT2D eigenvalue weighted by Gasteiger charge is -2.26. The van der Waals surface area contributed by atoms with E-state index in [9.17, 15) is 0 Å². The fourth-order valence-corrected chi connectivity index (χ4v) is 8.45. The summed E-state index contributed by atoms with van der Waals surface area (Å²) in [6, 6.07) is 67.7. The molecule has 0 aliphatic carbocycles. The standard InChI is InChI=1S/C53H32N2O3/c1-2-10-36(11-3-1)53-54-47-32-51-46(31-52(47)58-53)45-29-37(21-28-49(45)57-51)33-17-22-38(23-18-33)55(40-26-27-44-43-14-6-7-16-48(43)56-50(44)30-40)39-24-19-35(20-25-39)42-15-8-12-34-9-4-5-13-41(34)42/h1-32H. The van der Waals surface area contributed by atoms with Gasteiger partial charge >= 0.3 is 0 Å². The Balaban J connectivity index is 0.933. The highest BCUT2D eigenvalue weighted by molar-refractivity contribution is 6.10. The molecule has 0 saturated heterocycles. The zero-order chi connectivity index (χ0) is 38.2. The Morgan fingerprint density at radius 1 is 0.328 bits per heavy atom. The fraction of sp³-hybridized carbons (Fsp3) is 0. The molecule has 12 rings (SSSR count). The number of aromatic nitrogens is 1. The highest BCUT2D eigenvalue weighted by Crippen LogP contribution is 2.41. The molecule has 0 amide bonds. The molecule has 0 N–H and O–H groups in total. The maximum atomic E-state index is 6.37. The van der Waals surface area contributed by atoms with Crippen LogP contribution >= 0.6 is 0 Å². The molecule has 0 unspecified atom stereocenters. The highest BCUT2D eigenvalue weighted by Gasteiger charge is 2.18. The molecule has 5 nitrogen and oxygen atoms in total. The van der Waals surface area contributed by atoms with E-state index in [1.165, 1.54) is 21.9 Å². The van der Waals surface area contributed by atoms with Gasteiger partial charge in [-0.2, -0.15) is 0 Å². The molecule has 12 aromatic rings. The van der Waals surface area contributed by atoms with Gasteiger partial charge in [0.15, 0.2) is 5.58 Å². The van der Waals surface area contributed by atoms with E-state index in [2.05, 4.69) is 144 Å². The quantitative estimate of drug-likeness (QED) is 0.170. The Hall–Kier alpha value is -7.89. The van der Waals surface area contributed by atoms with Gasteiger partial charge < -0.3 is 18.2 Å². The summed E-state index contributed by atoms with van der Waals surface area (Å²) in [6.45, 7) is 0. The molecular formula is C53H32N2O3. The Morgan fingerprint density at radius 2 is 0.948 bits per heavy atom. The first-order valence-electron chi connectivity index (χ1n) is 19.4. The molecule has 0 aliphatic rings. The summed E-state index contributed by atoms with van der Waals surface area (Å²) in [5.74, 6) is 0.598. The van der Waals surface area contributed by atoms with Gasteiger partial charge in [0.2, 0.25) is 5.89 Å². The van der Waals surface area contributed by atoms with Gasteiger partial charge in [0.25, 0.3) is 0 Å². The minimum atomic E-state index is 0.598. The summed E-state index contributed by atoms with van der Waals surface area (Å²) in [7, 11) is 0. The number of rotatable bonds is 6. The SMILES string of the molecule is c1ccc(-c2nc3cc4oc5ccc(-c6ccc(N(c7ccc(-c8cccc9ccccc89)cc7)c7ccc8c(c7)oc7ccccc78)cc6)cc5c4cc3o2)cc1. The summed E-state index contributed by atoms with van der Waals surface area (Å²) < 4.78 is 18.9. The van der Waals surface area contributed by atoms with E-state index in [-0.39, 0.29) is 0 Å². The molecule has 0 bridgehead atoms. The van der Waals surface area contributed by atoms with Crippen molar-refractivity contribution in [3.05, 3.63) is 194 Å². The number of fused-ring (bicyclic) bond motifs is 8. The van der Waals surface area contributed by atoms with Crippen LogP contribution in [-0.2, 0) is 0 Å². The van der Waals surface area contributed by atoms with Crippen LogP contribution in [0.2, 0.25) is 0 Å². The number of hydrogen-bond donors (Lipinski definition) is 0. The topological polar surface area (TPSA) is 55.6 Å². The third kappa shape index (κ3) is 5.29. The van der Waals surface area contributed by atoms with Gasteiger partial charge in [-0.15, -0.1) is 0 Å². The average Bonchev–Trinajstić information content (AvgIpc) is 3.98. The van der Waals surface area contributed by atoms with Gasteiger partial charge in [0.05, 0.1) is 0 Å². The second-order valence-electron chi connectivity index (χ2n) is 14.7. The maximum absolute atomic E-state index is 6.37. The Kier molecular flexibility index (Phi) is 7.16. The number of hydrogen-bond acceptors (Lipinski definition) is 5. The summed E-state index contributed by atoms with van der Waals surface area (Å²) in [5, 5.41) is 6.71. The van der Waals surface area contributed by atoms with Crippen molar-refractivity contribution in [1.29, 1.82) is 0 Å². The number of nitrogens with zero attached hydrogens (tertiary/aromatic N) is 2. The van der Waals surface area contributed by atoms with Crippen molar-refractivity contribution < 1.29 is 13.3 Å². The van der Waals surface area contributed by atoms with Crippen molar-refractivity contribution in [1.82, 2.24) is 4.98 Å². The number of para-hydroxylation sites is 1. The van der Waals surface area contributed by atoms with E-state index >= 15 is 0 Å². The smallest absolute Gasteiger partial charge is 0.227 e. The second kappa shape index (κ2) is 12.8. The van der Waals surface area contributed by atoms with Crippen molar-refractivity contribution in [3.8, 4) is 33.7 Å². The van der Waals surface area contributed by atoms with Crippen LogP contribution in [0, 0.1) is 0 Å². The number of oxazole rings is 1. The molecule has 0 fully saturated rings. The van der Waals surface area contributed by atoms with E-state index in [1.807, 2.05) is 54.6 Å². The number of anilines is 3. The number of furan rings is 2. The molecule has 5 heteroatoms. The highest BCUT2D eigenvalue weighted by atomic mass is 16.4. The van der Waals surface area contributed by atoms with Crippen molar-refractivity contribution in [3.63, 3.8) is 0 Å². The van der Waals surface area contributed by atoms with E-state index in [1.54, 1.807) is 0 Å². The molecule has 0 aliphatic heterocycles. The van der Waals surface area contributed by atoms with E-state index < -0.39 is 0 Å². The molecule has 272 valence electrons. The van der Waals surface area contributed by atoms with Gasteiger partial charge in [-0.3, -0.25) is 0 Å². The van der Waals surface area contributed by atoms with Crippen LogP contribution in [0.5, 0.6) is 0 Å². The zero-order valence-corrected chi connectivity index (χ0v) is 31.1. The lowest BCUT2D eigenvalue weighted by Crippen LogP contribution is -2.09. The first kappa shape index (κ1) is 32.4. The van der Waals surface area contributed by atoms with Gasteiger partial charge in [-0.05, 0) is 106 Å². The van der Waals surface area contributed by atoms with Gasteiger partial charge in [-0.25, -0.2) is 4.98 Å². The van der Waals surface area contributed by atoms with E-state index in [0.717, 1.165) is 88.7 Å². The normalized spacial score (nSPS) is 11.8. The minimum absolute atomic E-state index is 0.598. The molecule has 0 atom stereocenters. The molecule has 0 radical (unpaired) electrons. The second-order valence-corrected chi connectivity index (χ2v) is 14.7. The fourth-order valence-electron chi connectivity index (χ4n) is 8.45. The predicted molar refractivity (Wildman–Crippen MR) is 237 cm³/mol. The molecule has 0 saturated carbocycles. The van der Waals surface area contributed by atoms with Crippen LogP contribution in [0.15, 0.2) is 207 Å². The van der Waals surface area contributed by atoms with Gasteiger partial charge in [-0.1, -0.05) is 109 Å². The molecule has 3 aromatic heterocycles. The first-order valence-corrected chi connectivity index (χ1v) is 19.4. The van der Waals surface area contributed by atoms with Crippen molar-refractivity contribution in [2.75, 3.05) is 4.90 Å². The monoisotopic (exact) mass is 744 g/mol. The Labute approximate surface area is 332 Å². The molecule has 58 heavy (non-hydrogen) atoms. The molecule has 3 heterocycles. The van der Waals surface area contributed by atoms with Crippen LogP contribution in [0.25, 0.3) is 99.5 Å². The number of benzene rings is 9. The van der Waals surface area contributed by atoms with Crippen LogP contribution in [0.1, 0.15) is 0 Å². The average molecular weight is 745 g/mol. The van der Waals surface area contributed by atoms with Crippen LogP contribution in [0.4, 0.5) is 17.1 Å².